The number of alkyl halides is 3. The van der Waals surface area contributed by atoms with Crippen LogP contribution in [0.15, 0.2) is 4.52 Å². The van der Waals surface area contributed by atoms with Gasteiger partial charge in [-0.1, -0.05) is 19.0 Å². The van der Waals surface area contributed by atoms with E-state index in [-0.39, 0.29) is 23.3 Å². The molecule has 0 bridgehead atoms. The molecule has 1 aromatic heterocycles. The first-order chi connectivity index (χ1) is 15.7. The van der Waals surface area contributed by atoms with Crippen LogP contribution in [-0.2, 0) is 9.59 Å². The molecule has 12 heteroatoms. The maximum absolute atomic E-state index is 12.9. The number of hydrogen-bond donors (Lipinski definition) is 2. The molecular weight excluding hydrogens is 457 g/mol. The molecule has 3 saturated heterocycles. The third-order valence-corrected chi connectivity index (χ3v) is 6.87. The number of piperidine rings is 1. The lowest BCUT2D eigenvalue weighted by molar-refractivity contribution is -0.192. The number of carbonyl (C=O) groups excluding carboxylic acids is 2. The molecule has 0 aliphatic carbocycles. The summed E-state index contributed by atoms with van der Waals surface area (Å²) in [7, 11) is 0. The van der Waals surface area contributed by atoms with Gasteiger partial charge < -0.3 is 24.7 Å². The third-order valence-electron chi connectivity index (χ3n) is 6.87. The number of halogens is 3. The van der Waals surface area contributed by atoms with Gasteiger partial charge in [-0.15, -0.1) is 0 Å². The Morgan fingerprint density at radius 1 is 1.24 bits per heavy atom. The average molecular weight is 489 g/mol. The van der Waals surface area contributed by atoms with Crippen molar-refractivity contribution in [3.63, 3.8) is 0 Å². The molecule has 3 fully saturated rings. The van der Waals surface area contributed by atoms with Crippen LogP contribution in [0.25, 0.3) is 0 Å². The van der Waals surface area contributed by atoms with Crippen molar-refractivity contribution in [2.24, 2.45) is 17.8 Å². The highest BCUT2D eigenvalue weighted by molar-refractivity contribution is 5.96. The molecule has 9 nitrogen and oxygen atoms in total. The summed E-state index contributed by atoms with van der Waals surface area (Å²) in [5.41, 5.74) is 1.08. The first-order valence-corrected chi connectivity index (χ1v) is 11.3. The third kappa shape index (κ3) is 5.21. The molecule has 2 atom stereocenters. The standard InChI is InChI=1S/C20H30N4O3.C2HF3O2/c1-12(2)9-23-10-15-16(11-23)20(21-18(15)25)5-7-24(8-6-20)19(26)17-13(3)22-27-14(17)4;3-2(4,5)1(6)7/h12,15-16H,5-11H2,1-4H3,(H,21,25);(H,6,7)/t15-,16+;/m1./s1. The van der Waals surface area contributed by atoms with Gasteiger partial charge in [-0.25, -0.2) is 4.79 Å². The zero-order chi connectivity index (χ0) is 25.4. The van der Waals surface area contributed by atoms with Crippen molar-refractivity contribution >= 4 is 17.8 Å². The number of amides is 2. The van der Waals surface area contributed by atoms with Gasteiger partial charge in [-0.2, -0.15) is 13.2 Å². The van der Waals surface area contributed by atoms with Gasteiger partial charge in [0.2, 0.25) is 5.91 Å². The fraction of sp³-hybridized carbons (Fsp3) is 0.727. The Morgan fingerprint density at radius 3 is 2.29 bits per heavy atom. The van der Waals surface area contributed by atoms with E-state index in [9.17, 15) is 22.8 Å². The highest BCUT2D eigenvalue weighted by Crippen LogP contribution is 2.44. The molecule has 3 aliphatic rings. The highest BCUT2D eigenvalue weighted by Gasteiger charge is 2.57. The van der Waals surface area contributed by atoms with E-state index in [4.69, 9.17) is 14.4 Å². The van der Waals surface area contributed by atoms with Crippen molar-refractivity contribution in [2.45, 2.75) is 52.3 Å². The number of aliphatic carboxylic acids is 1. The second kappa shape index (κ2) is 9.55. The van der Waals surface area contributed by atoms with Gasteiger partial charge >= 0.3 is 12.1 Å². The van der Waals surface area contributed by atoms with Crippen LogP contribution in [0.1, 0.15) is 48.5 Å². The summed E-state index contributed by atoms with van der Waals surface area (Å²) in [6.07, 6.45) is -3.44. The number of aromatic nitrogens is 1. The second-order valence-electron chi connectivity index (χ2n) is 9.77. The van der Waals surface area contributed by atoms with Gasteiger partial charge in [-0.05, 0) is 32.6 Å². The van der Waals surface area contributed by atoms with Crippen molar-refractivity contribution in [1.29, 1.82) is 0 Å². The number of hydrogen-bond acceptors (Lipinski definition) is 6. The van der Waals surface area contributed by atoms with Crippen LogP contribution >= 0.6 is 0 Å². The maximum atomic E-state index is 12.9. The average Bonchev–Trinajstić information content (AvgIpc) is 3.36. The summed E-state index contributed by atoms with van der Waals surface area (Å²) in [4.78, 5) is 38.7. The summed E-state index contributed by atoms with van der Waals surface area (Å²) in [6.45, 7) is 12.3. The zero-order valence-electron chi connectivity index (χ0n) is 19.7. The molecule has 0 aromatic carbocycles. The van der Waals surface area contributed by atoms with Gasteiger partial charge in [0.15, 0.2) is 0 Å². The smallest absolute Gasteiger partial charge is 0.475 e. The Hall–Kier alpha value is -2.63. The summed E-state index contributed by atoms with van der Waals surface area (Å²) < 4.78 is 36.9. The lowest BCUT2D eigenvalue weighted by Crippen LogP contribution is -2.56. The van der Waals surface area contributed by atoms with Crippen LogP contribution in [-0.4, -0.2) is 82.3 Å². The van der Waals surface area contributed by atoms with E-state index < -0.39 is 12.1 Å². The van der Waals surface area contributed by atoms with Gasteiger partial charge in [0.05, 0.1) is 11.6 Å². The van der Waals surface area contributed by atoms with Crippen molar-refractivity contribution in [1.82, 2.24) is 20.3 Å². The maximum Gasteiger partial charge on any atom is 0.490 e. The number of rotatable bonds is 3. The molecule has 0 saturated carbocycles. The fourth-order valence-corrected chi connectivity index (χ4v) is 5.36. The van der Waals surface area contributed by atoms with E-state index in [1.807, 2.05) is 4.90 Å². The Balaban J connectivity index is 0.000000406. The number of fused-ring (bicyclic) bond motifs is 2. The SMILES string of the molecule is Cc1noc(C)c1C(=O)N1CCC2(CC1)NC(=O)[C@@H]1CN(CC(C)C)C[C@@H]12.O=C(O)C(F)(F)F. The molecule has 190 valence electrons. The first-order valence-electron chi connectivity index (χ1n) is 11.3. The highest BCUT2D eigenvalue weighted by atomic mass is 19.4. The minimum absolute atomic E-state index is 0.00479. The number of nitrogens with zero attached hydrogens (tertiary/aromatic N) is 3. The monoisotopic (exact) mass is 488 g/mol. The summed E-state index contributed by atoms with van der Waals surface area (Å²) in [5, 5.41) is 14.4. The van der Waals surface area contributed by atoms with Crippen molar-refractivity contribution in [3.8, 4) is 0 Å². The van der Waals surface area contributed by atoms with E-state index in [0.717, 1.165) is 32.5 Å². The van der Waals surface area contributed by atoms with E-state index in [1.165, 1.54) is 0 Å². The Kier molecular flexibility index (Phi) is 7.30. The zero-order valence-corrected chi connectivity index (χ0v) is 19.7. The molecule has 2 amide bonds. The van der Waals surface area contributed by atoms with Crippen LogP contribution in [0.4, 0.5) is 13.2 Å². The van der Waals surface area contributed by atoms with Crippen LogP contribution in [0.3, 0.4) is 0 Å². The quantitative estimate of drug-likeness (QED) is 0.670. The molecule has 34 heavy (non-hydrogen) atoms. The second-order valence-corrected chi connectivity index (χ2v) is 9.77. The minimum Gasteiger partial charge on any atom is -0.475 e. The van der Waals surface area contributed by atoms with Crippen LogP contribution in [0.2, 0.25) is 0 Å². The molecule has 4 heterocycles. The molecule has 1 spiro atoms. The Morgan fingerprint density at radius 2 is 1.82 bits per heavy atom. The fourth-order valence-electron chi connectivity index (χ4n) is 5.36. The van der Waals surface area contributed by atoms with Crippen molar-refractivity contribution in [3.05, 3.63) is 17.0 Å². The summed E-state index contributed by atoms with van der Waals surface area (Å²) >= 11 is 0. The summed E-state index contributed by atoms with van der Waals surface area (Å²) in [6, 6.07) is 0. The number of aryl methyl sites for hydroxylation is 2. The van der Waals surface area contributed by atoms with E-state index >= 15 is 0 Å². The lowest BCUT2D eigenvalue weighted by atomic mass is 9.75. The van der Waals surface area contributed by atoms with Gasteiger partial charge in [0, 0.05) is 44.2 Å². The summed E-state index contributed by atoms with van der Waals surface area (Å²) in [5.74, 6) is -0.905. The minimum atomic E-state index is -5.08. The van der Waals surface area contributed by atoms with Crippen LogP contribution < -0.4 is 5.32 Å². The number of carboxylic acids is 1. The Bertz CT molecular complexity index is 918. The first kappa shape index (κ1) is 26.0. The number of likely N-dealkylation sites (tertiary alicyclic amines) is 2. The number of carboxylic acid groups (broad SMARTS) is 1. The lowest BCUT2D eigenvalue weighted by Gasteiger charge is -2.42. The number of nitrogens with one attached hydrogen (secondary N) is 1. The van der Waals surface area contributed by atoms with Crippen molar-refractivity contribution in [2.75, 3.05) is 32.7 Å². The molecule has 0 unspecified atom stereocenters. The molecule has 1 aromatic rings. The van der Waals surface area contributed by atoms with Crippen LogP contribution in [0.5, 0.6) is 0 Å². The largest absolute Gasteiger partial charge is 0.490 e. The van der Waals surface area contributed by atoms with E-state index in [1.54, 1.807) is 13.8 Å². The van der Waals surface area contributed by atoms with Gasteiger partial charge in [0.1, 0.15) is 11.3 Å². The molecule has 3 aliphatic heterocycles. The molecule has 2 N–H and O–H groups in total. The van der Waals surface area contributed by atoms with E-state index in [0.29, 0.717) is 41.9 Å². The van der Waals surface area contributed by atoms with Crippen molar-refractivity contribution < 1.29 is 37.2 Å². The number of carbonyl (C=O) groups is 3. The van der Waals surface area contributed by atoms with Crippen LogP contribution in [0, 0.1) is 31.6 Å². The molecular formula is C22H31F3N4O5. The van der Waals surface area contributed by atoms with Gasteiger partial charge in [0.25, 0.3) is 5.91 Å². The Labute approximate surface area is 195 Å². The molecule has 4 rings (SSSR count). The predicted molar refractivity (Wildman–Crippen MR) is 114 cm³/mol. The molecule has 0 radical (unpaired) electrons. The van der Waals surface area contributed by atoms with E-state index in [2.05, 4.69) is 29.2 Å². The predicted octanol–water partition coefficient (Wildman–Crippen LogP) is 2.23. The topological polar surface area (TPSA) is 116 Å². The van der Waals surface area contributed by atoms with Gasteiger partial charge in [-0.3, -0.25) is 9.59 Å². The normalized spacial score (nSPS) is 24.1.